The quantitative estimate of drug-likeness (QED) is 0.802. The lowest BCUT2D eigenvalue weighted by molar-refractivity contribution is 0.174. The van der Waals surface area contributed by atoms with Crippen molar-refractivity contribution in [2.24, 2.45) is 0 Å². The summed E-state index contributed by atoms with van der Waals surface area (Å²) in [6.07, 6.45) is 0. The van der Waals surface area contributed by atoms with Crippen molar-refractivity contribution in [2.75, 3.05) is 18.2 Å². The number of imidazole rings is 1. The first-order chi connectivity index (χ1) is 10.8. The molecule has 0 spiro atoms. The molecule has 0 amide bonds. The zero-order valence-corrected chi connectivity index (χ0v) is 12.4. The number of benzene rings is 2. The van der Waals surface area contributed by atoms with E-state index in [-0.39, 0.29) is 6.79 Å². The summed E-state index contributed by atoms with van der Waals surface area (Å²) in [5, 5.41) is 0. The molecule has 2 heterocycles. The van der Waals surface area contributed by atoms with Gasteiger partial charge in [0.25, 0.3) is 0 Å². The molecule has 5 nitrogen and oxygen atoms in total. The van der Waals surface area contributed by atoms with Crippen LogP contribution in [-0.2, 0) is 6.54 Å². The minimum Gasteiger partial charge on any atom is -0.454 e. The Morgan fingerprint density at radius 2 is 1.91 bits per heavy atom. The lowest BCUT2D eigenvalue weighted by Gasteiger charge is -2.21. The monoisotopic (exact) mass is 295 g/mol. The van der Waals surface area contributed by atoms with Gasteiger partial charge in [0, 0.05) is 24.4 Å². The number of rotatable bonds is 4. The SMILES string of the molecule is CCN(Cc1nc2cc3c(cc2[nH]1)OCO3)c1ccccc1. The van der Waals surface area contributed by atoms with Crippen LogP contribution in [0.5, 0.6) is 11.5 Å². The molecular weight excluding hydrogens is 278 g/mol. The standard InChI is InChI=1S/C17H17N3O2/c1-2-20(12-6-4-3-5-7-12)10-17-18-13-8-15-16(22-11-21-15)9-14(13)19-17/h3-9H,2,10-11H2,1H3,(H,18,19). The van der Waals surface area contributed by atoms with Crippen LogP contribution in [0, 0.1) is 0 Å². The Morgan fingerprint density at radius 3 is 2.68 bits per heavy atom. The number of H-pyrrole nitrogens is 1. The summed E-state index contributed by atoms with van der Waals surface area (Å²) in [5.41, 5.74) is 3.08. The van der Waals surface area contributed by atoms with Crippen LogP contribution in [0.4, 0.5) is 5.69 Å². The maximum absolute atomic E-state index is 5.41. The van der Waals surface area contributed by atoms with Gasteiger partial charge in [0.2, 0.25) is 6.79 Å². The molecule has 0 fully saturated rings. The smallest absolute Gasteiger partial charge is 0.231 e. The third-order valence-electron chi connectivity index (χ3n) is 3.87. The minimum absolute atomic E-state index is 0.284. The average molecular weight is 295 g/mol. The summed E-state index contributed by atoms with van der Waals surface area (Å²) in [6.45, 7) is 4.09. The lowest BCUT2D eigenvalue weighted by Crippen LogP contribution is -2.22. The van der Waals surface area contributed by atoms with Crippen molar-refractivity contribution in [2.45, 2.75) is 13.5 Å². The summed E-state index contributed by atoms with van der Waals surface area (Å²) in [6, 6.07) is 14.2. The molecule has 1 aromatic heterocycles. The molecular formula is C17H17N3O2. The van der Waals surface area contributed by atoms with Gasteiger partial charge in [-0.05, 0) is 19.1 Å². The molecule has 22 heavy (non-hydrogen) atoms. The van der Waals surface area contributed by atoms with Gasteiger partial charge >= 0.3 is 0 Å². The van der Waals surface area contributed by atoms with Gasteiger partial charge in [-0.1, -0.05) is 18.2 Å². The highest BCUT2D eigenvalue weighted by atomic mass is 16.7. The molecule has 2 aromatic carbocycles. The van der Waals surface area contributed by atoms with E-state index >= 15 is 0 Å². The van der Waals surface area contributed by atoms with E-state index < -0.39 is 0 Å². The molecule has 0 saturated heterocycles. The Bertz CT molecular complexity index is 757. The van der Waals surface area contributed by atoms with Crippen LogP contribution in [0.15, 0.2) is 42.5 Å². The molecule has 0 atom stereocenters. The number of ether oxygens (including phenoxy) is 2. The van der Waals surface area contributed by atoms with Crippen LogP contribution < -0.4 is 14.4 Å². The highest BCUT2D eigenvalue weighted by Gasteiger charge is 2.16. The van der Waals surface area contributed by atoms with Crippen molar-refractivity contribution in [3.05, 3.63) is 48.3 Å². The molecule has 0 radical (unpaired) electrons. The third-order valence-corrected chi connectivity index (χ3v) is 3.87. The van der Waals surface area contributed by atoms with Crippen LogP contribution in [-0.4, -0.2) is 23.3 Å². The fourth-order valence-corrected chi connectivity index (χ4v) is 2.73. The molecule has 3 aromatic rings. The van der Waals surface area contributed by atoms with Crippen molar-refractivity contribution in [1.82, 2.24) is 9.97 Å². The van der Waals surface area contributed by atoms with Gasteiger partial charge in [-0.25, -0.2) is 4.98 Å². The van der Waals surface area contributed by atoms with E-state index in [4.69, 9.17) is 9.47 Å². The number of hydrogen-bond donors (Lipinski definition) is 1. The maximum Gasteiger partial charge on any atom is 0.231 e. The predicted molar refractivity (Wildman–Crippen MR) is 85.4 cm³/mol. The molecule has 4 rings (SSSR count). The van der Waals surface area contributed by atoms with E-state index in [1.807, 2.05) is 18.2 Å². The molecule has 1 aliphatic rings. The van der Waals surface area contributed by atoms with Crippen LogP contribution in [0.3, 0.4) is 0 Å². The summed E-state index contributed by atoms with van der Waals surface area (Å²) >= 11 is 0. The van der Waals surface area contributed by atoms with E-state index in [2.05, 4.69) is 46.1 Å². The van der Waals surface area contributed by atoms with Gasteiger partial charge in [0.05, 0.1) is 17.6 Å². The fourth-order valence-electron chi connectivity index (χ4n) is 2.73. The van der Waals surface area contributed by atoms with Crippen molar-refractivity contribution < 1.29 is 9.47 Å². The molecule has 0 aliphatic carbocycles. The number of para-hydroxylation sites is 1. The van der Waals surface area contributed by atoms with Crippen molar-refractivity contribution in [3.8, 4) is 11.5 Å². The second-order valence-corrected chi connectivity index (χ2v) is 5.26. The molecule has 1 aliphatic heterocycles. The van der Waals surface area contributed by atoms with Gasteiger partial charge in [-0.15, -0.1) is 0 Å². The van der Waals surface area contributed by atoms with Crippen molar-refractivity contribution in [3.63, 3.8) is 0 Å². The minimum atomic E-state index is 0.284. The van der Waals surface area contributed by atoms with Gasteiger partial charge in [0.1, 0.15) is 5.82 Å². The molecule has 5 heteroatoms. The number of aromatic amines is 1. The largest absolute Gasteiger partial charge is 0.454 e. The molecule has 1 N–H and O–H groups in total. The average Bonchev–Trinajstić information content (AvgIpc) is 3.16. The molecule has 0 saturated carbocycles. The number of aromatic nitrogens is 2. The van der Waals surface area contributed by atoms with Crippen molar-refractivity contribution >= 4 is 16.7 Å². The summed E-state index contributed by atoms with van der Waals surface area (Å²) < 4.78 is 10.8. The van der Waals surface area contributed by atoms with Gasteiger partial charge < -0.3 is 19.4 Å². The summed E-state index contributed by atoms with van der Waals surface area (Å²) in [7, 11) is 0. The highest BCUT2D eigenvalue weighted by Crippen LogP contribution is 2.35. The van der Waals surface area contributed by atoms with Gasteiger partial charge in [-0.2, -0.15) is 0 Å². The second-order valence-electron chi connectivity index (χ2n) is 5.26. The van der Waals surface area contributed by atoms with E-state index in [9.17, 15) is 0 Å². The number of nitrogens with zero attached hydrogens (tertiary/aromatic N) is 2. The third kappa shape index (κ3) is 2.24. The first-order valence-electron chi connectivity index (χ1n) is 7.41. The predicted octanol–water partition coefficient (Wildman–Crippen LogP) is 3.32. The van der Waals surface area contributed by atoms with E-state index in [0.717, 1.165) is 41.4 Å². The Kier molecular flexibility index (Phi) is 3.11. The Balaban J connectivity index is 1.64. The topological polar surface area (TPSA) is 50.4 Å². The van der Waals surface area contributed by atoms with Crippen LogP contribution in [0.1, 0.15) is 12.7 Å². The highest BCUT2D eigenvalue weighted by molar-refractivity contribution is 5.80. The first-order valence-corrected chi connectivity index (χ1v) is 7.41. The van der Waals surface area contributed by atoms with E-state index in [0.29, 0.717) is 0 Å². The summed E-state index contributed by atoms with van der Waals surface area (Å²) in [5.74, 6) is 2.48. The summed E-state index contributed by atoms with van der Waals surface area (Å²) in [4.78, 5) is 10.3. The zero-order chi connectivity index (χ0) is 14.9. The Labute approximate surface area is 128 Å². The number of hydrogen-bond acceptors (Lipinski definition) is 4. The van der Waals surface area contributed by atoms with E-state index in [1.165, 1.54) is 5.69 Å². The molecule has 112 valence electrons. The molecule has 0 bridgehead atoms. The number of fused-ring (bicyclic) bond motifs is 2. The van der Waals surface area contributed by atoms with E-state index in [1.54, 1.807) is 0 Å². The van der Waals surface area contributed by atoms with Gasteiger partial charge in [-0.3, -0.25) is 0 Å². The normalized spacial score (nSPS) is 12.8. The number of anilines is 1. The van der Waals surface area contributed by atoms with Crippen LogP contribution >= 0.6 is 0 Å². The van der Waals surface area contributed by atoms with Crippen LogP contribution in [0.25, 0.3) is 11.0 Å². The Hall–Kier alpha value is -2.69. The zero-order valence-electron chi connectivity index (χ0n) is 12.4. The number of nitrogens with one attached hydrogen (secondary N) is 1. The maximum atomic E-state index is 5.41. The second kappa shape index (κ2) is 5.26. The fraction of sp³-hybridized carbons (Fsp3) is 0.235. The van der Waals surface area contributed by atoms with Crippen molar-refractivity contribution in [1.29, 1.82) is 0 Å². The van der Waals surface area contributed by atoms with Gasteiger partial charge in [0.15, 0.2) is 11.5 Å². The Morgan fingerprint density at radius 1 is 1.14 bits per heavy atom. The lowest BCUT2D eigenvalue weighted by atomic mass is 10.3. The van der Waals surface area contributed by atoms with Crippen LogP contribution in [0.2, 0.25) is 0 Å². The first kappa shape index (κ1) is 13.0. The molecule has 0 unspecified atom stereocenters.